The van der Waals surface area contributed by atoms with Crippen LogP contribution in [0.15, 0.2) is 238 Å². The average Bonchev–Trinajstić information content (AvgIpc) is 1.59. The topological polar surface area (TPSA) is 473 Å². The van der Waals surface area contributed by atoms with Crippen molar-refractivity contribution in [2.75, 3.05) is 0 Å². The average molecular weight is 1900 g/mol. The zero-order valence-corrected chi connectivity index (χ0v) is 69.3. The summed E-state index contributed by atoms with van der Waals surface area (Å²) in [6, 6.07) is 0.285. The van der Waals surface area contributed by atoms with Gasteiger partial charge in [-0.2, -0.15) is 23.9 Å². The van der Waals surface area contributed by atoms with E-state index in [1.165, 1.54) is 49.7 Å². The Labute approximate surface area is 682 Å². The second-order valence-electron chi connectivity index (χ2n) is 28.9. The summed E-state index contributed by atoms with van der Waals surface area (Å²) in [5.41, 5.74) is 42.6. The molecule has 16 bridgehead atoms. The van der Waals surface area contributed by atoms with E-state index in [0.29, 0.717) is 49.0 Å². The van der Waals surface area contributed by atoms with E-state index >= 15 is 0 Å². The van der Waals surface area contributed by atoms with Gasteiger partial charge in [0.25, 0.3) is 0 Å². The summed E-state index contributed by atoms with van der Waals surface area (Å²) in [5.74, 6) is -7.52. The van der Waals surface area contributed by atoms with Crippen molar-refractivity contribution in [1.29, 1.82) is 0 Å². The van der Waals surface area contributed by atoms with Gasteiger partial charge in [0, 0.05) is 106 Å². The molecule has 8 atom stereocenters. The third kappa shape index (κ3) is 20.1. The molecule has 4 aliphatic carbocycles. The largest absolute Gasteiger partial charge is 2.00 e. The van der Waals surface area contributed by atoms with Gasteiger partial charge in [-0.05, 0) is 148 Å². The Bertz CT molecular complexity index is 4360. The van der Waals surface area contributed by atoms with E-state index in [4.69, 9.17) is 81.0 Å². The summed E-state index contributed by atoms with van der Waals surface area (Å²) in [6.07, 6.45) is 29.1. The number of aliphatic carboxylic acids is 6. The second kappa shape index (κ2) is 39.8. The van der Waals surface area contributed by atoms with Crippen molar-refractivity contribution in [3.63, 3.8) is 0 Å². The first-order chi connectivity index (χ1) is 51.1. The van der Waals surface area contributed by atoms with Crippen molar-refractivity contribution in [3.05, 3.63) is 234 Å². The molecule has 26 nitrogen and oxygen atoms in total. The summed E-state index contributed by atoms with van der Waals surface area (Å²) >= 11 is 0. The summed E-state index contributed by atoms with van der Waals surface area (Å²) < 4.78 is 0. The minimum atomic E-state index is -1.82. The number of carboxylic acids is 6. The minimum absolute atomic E-state index is 0. The van der Waals surface area contributed by atoms with Crippen molar-refractivity contribution in [3.8, 4) is 0 Å². The van der Waals surface area contributed by atoms with Crippen molar-refractivity contribution >= 4 is 70.1 Å². The summed E-state index contributed by atoms with van der Waals surface area (Å²) in [6.45, 7) is 36.7. The summed E-state index contributed by atoms with van der Waals surface area (Å²) in [7, 11) is 0. The number of nitrogens with zero attached hydrogens (tertiary/aromatic N) is 6. The van der Waals surface area contributed by atoms with Gasteiger partial charge in [0.05, 0.1) is 68.5 Å². The Morgan fingerprint density at radius 3 is 1.07 bits per heavy atom. The number of allylic oxidation sites excluding steroid dienone is 24. The van der Waals surface area contributed by atoms with E-state index in [0.717, 1.165) is 184 Å². The van der Waals surface area contributed by atoms with Crippen LogP contribution in [0.25, 0.3) is 11.5 Å². The van der Waals surface area contributed by atoms with Crippen LogP contribution < -0.4 is 10.6 Å². The molecule has 0 aromatic rings. The van der Waals surface area contributed by atoms with Crippen LogP contribution in [-0.2, 0) is 70.9 Å². The first-order valence-corrected chi connectivity index (χ1v) is 36.8. The molecule has 14 aliphatic rings. The van der Waals surface area contributed by atoms with Crippen molar-refractivity contribution in [2.24, 2.45) is 65.5 Å². The molecule has 4 fully saturated rings. The normalized spacial score (nSPS) is 24.6. The molecule has 0 aromatic heterocycles. The Hall–Kier alpha value is -9.42. The number of carboxylic acid groups (broad SMARTS) is 6. The number of hydrogen-bond donors (Lipinski definition) is 10. The van der Waals surface area contributed by atoms with Crippen molar-refractivity contribution in [1.82, 2.24) is 10.6 Å². The molecule has 0 amide bonds. The number of aliphatic hydroxyl groups is 2. The predicted octanol–water partition coefficient (Wildman–Crippen LogP) is 14.9. The minimum Gasteiger partial charge on any atom is -0.677 e. The summed E-state index contributed by atoms with van der Waals surface area (Å²) in [4.78, 5) is 89.7. The standard InChI is InChI=1S/2C33H34N4O3.2C7H13N.2C2H2O4.2H2O.2Pt/c2*1-7-19-15(3)23-12-25-17(5)21(9-10-30(39)40)32(36-25)22-11-29(38)31-18(6)26(37-33(22)31)14-28-20(8-2)16(4)24(35-28)13-27(19)34-23;2*1-6-4-2-3-5-7(6)8;2*3-1(4)2(5)6;;;;/h2*7,12-14,17,21,36,38H,1,8-11H2,2-6H3,(H,39,40);2*6-8H,1-5H2;2*(H,3,4)(H,5,6);2*1H2;;/q;;2*-2;;;;;2*+2/t17-,21-;;6-,7-;;;;;;;/m0.1......./s1. The number of fused-ring (bicyclic) bond motifs is 10. The van der Waals surface area contributed by atoms with E-state index in [2.05, 4.69) is 105 Å². The van der Waals surface area contributed by atoms with Gasteiger partial charge in [0.15, 0.2) is 0 Å². The molecule has 16 N–H and O–H groups in total. The Morgan fingerprint density at radius 2 is 0.795 bits per heavy atom. The van der Waals surface area contributed by atoms with Gasteiger partial charge in [-0.25, -0.2) is 49.1 Å². The number of aliphatic hydroxyl groups excluding tert-OH is 2. The van der Waals surface area contributed by atoms with Gasteiger partial charge in [-0.3, -0.25) is 9.59 Å². The van der Waals surface area contributed by atoms with Crippen LogP contribution in [0.3, 0.4) is 0 Å². The molecular formula is C84H102N10O16Pt2. The molecule has 4 unspecified atom stereocenters. The molecule has 0 aromatic carbocycles. The maximum absolute atomic E-state index is 11.6. The van der Waals surface area contributed by atoms with Gasteiger partial charge >= 0.3 is 77.9 Å². The van der Waals surface area contributed by atoms with Gasteiger partial charge in [-0.15, -0.1) is 0 Å². The quantitative estimate of drug-likeness (QED) is 0.0717. The molecule has 2 saturated heterocycles. The molecule has 112 heavy (non-hydrogen) atoms. The second-order valence-corrected chi connectivity index (χ2v) is 28.9. The molecule has 0 spiro atoms. The van der Waals surface area contributed by atoms with Gasteiger partial charge in [-0.1, -0.05) is 104 Å². The van der Waals surface area contributed by atoms with E-state index < -0.39 is 35.8 Å². The van der Waals surface area contributed by atoms with Crippen LogP contribution in [0.4, 0.5) is 0 Å². The molecule has 28 heteroatoms. The molecule has 2 saturated carbocycles. The maximum atomic E-state index is 11.6. The van der Waals surface area contributed by atoms with Crippen molar-refractivity contribution in [2.45, 2.75) is 184 Å². The first kappa shape index (κ1) is 93.2. The smallest absolute Gasteiger partial charge is 0.677 e. The molecule has 0 radical (unpaired) electrons. The number of nitrogens with one attached hydrogen (secondary N) is 4. The van der Waals surface area contributed by atoms with Crippen LogP contribution >= 0.6 is 0 Å². The Morgan fingerprint density at radius 1 is 0.482 bits per heavy atom. The number of hydrogen-bond acceptors (Lipinski definition) is 16. The maximum Gasteiger partial charge on any atom is 2.00 e. The zero-order chi connectivity index (χ0) is 79.2. The Kier molecular flexibility index (Phi) is 33.2. The van der Waals surface area contributed by atoms with Crippen LogP contribution in [0.5, 0.6) is 0 Å². The monoisotopic (exact) mass is 1900 g/mol. The fourth-order valence-corrected chi connectivity index (χ4v) is 15.7. The van der Waals surface area contributed by atoms with Crippen molar-refractivity contribution < 1.29 is 123 Å². The van der Waals surface area contributed by atoms with Crippen LogP contribution in [0.1, 0.15) is 172 Å². The SMILES string of the molecule is C=CC1=C(C)C2=NC1=CC1=NC(=CC3=C(C)C4=C(O)CC(=C5NC(=C2)C(C)C5CCC(=O)O)C4=N3)C(CC)=C1C.C=CC1=C(C)C2=NC1=CC1=NC(=CC3=C(C)C4=C(O)CC(=C5NC(=C2)[C@@H](C)[C@@H]5CCC(=O)O)C4=N3)C(CC)=C1C.O.O.O=C(O)C(=O)O.O=C(O)C(=O)O.[CH2-]C1CCCCC1[NH-].[CH2-][C@@H]1CCCC[C@H]1[NH-].[Pt+2].[Pt+2]. The molecule has 10 aliphatic heterocycles. The predicted molar refractivity (Wildman–Crippen MR) is 427 cm³/mol. The Balaban J connectivity index is 0.000000290. The number of rotatable bonds is 10. The first-order valence-electron chi connectivity index (χ1n) is 36.8. The van der Waals surface area contributed by atoms with Crippen LogP contribution in [-0.4, -0.2) is 134 Å². The van der Waals surface area contributed by atoms with E-state index in [-0.39, 0.29) is 102 Å². The van der Waals surface area contributed by atoms with E-state index in [1.807, 2.05) is 50.3 Å². The van der Waals surface area contributed by atoms with Gasteiger partial charge < -0.3 is 87.8 Å². The molecule has 10 heterocycles. The third-order valence-electron chi connectivity index (χ3n) is 22.1. The fraction of sp³-hybridized carbons (Fsp3) is 0.405. The molecular weight excluding hydrogens is 1800 g/mol. The number of aliphatic imine (C=N–C) groups is 6. The van der Waals surface area contributed by atoms with Crippen LogP contribution in [0.2, 0.25) is 0 Å². The fourth-order valence-electron chi connectivity index (χ4n) is 15.7. The summed E-state index contributed by atoms with van der Waals surface area (Å²) in [5, 5.41) is 78.1. The van der Waals surface area contributed by atoms with E-state index in [9.17, 15) is 30.0 Å². The molecule has 14 rings (SSSR count). The van der Waals surface area contributed by atoms with E-state index in [1.54, 1.807) is 0 Å². The van der Waals surface area contributed by atoms with Crippen LogP contribution in [0, 0.1) is 49.4 Å². The number of carbonyl (C=O) groups is 6. The third-order valence-corrected chi connectivity index (χ3v) is 22.1. The zero-order valence-electron chi connectivity index (χ0n) is 64.7. The molecule has 604 valence electrons. The van der Waals surface area contributed by atoms with Gasteiger partial charge in [0.1, 0.15) is 11.5 Å². The van der Waals surface area contributed by atoms with Gasteiger partial charge in [0.2, 0.25) is 0 Å².